The van der Waals surface area contributed by atoms with Gasteiger partial charge >= 0.3 is 0 Å². The van der Waals surface area contributed by atoms with E-state index in [4.69, 9.17) is 4.74 Å². The van der Waals surface area contributed by atoms with Gasteiger partial charge in [0.05, 0.1) is 17.4 Å². The van der Waals surface area contributed by atoms with Gasteiger partial charge in [-0.05, 0) is 51.5 Å². The van der Waals surface area contributed by atoms with Crippen LogP contribution in [0.3, 0.4) is 0 Å². The van der Waals surface area contributed by atoms with Crippen molar-refractivity contribution in [1.29, 1.82) is 0 Å². The number of aromatic nitrogens is 1. The molecule has 1 aromatic carbocycles. The molecule has 0 saturated carbocycles. The topological polar surface area (TPSA) is 42.4 Å². The van der Waals surface area contributed by atoms with Crippen molar-refractivity contribution in [1.82, 2.24) is 4.98 Å². The fourth-order valence-electron chi connectivity index (χ4n) is 1.98. The molecule has 0 saturated heterocycles. The SMILES string of the molecule is Cc1cc(Oc2cccc(F)c2C(C)(C)O)cnc1C. The van der Waals surface area contributed by atoms with Crippen LogP contribution in [0.1, 0.15) is 30.7 Å². The van der Waals surface area contributed by atoms with Crippen molar-refractivity contribution in [3.8, 4) is 11.5 Å². The van der Waals surface area contributed by atoms with Gasteiger partial charge < -0.3 is 9.84 Å². The van der Waals surface area contributed by atoms with Gasteiger partial charge in [0, 0.05) is 5.69 Å². The highest BCUT2D eigenvalue weighted by atomic mass is 19.1. The summed E-state index contributed by atoms with van der Waals surface area (Å²) in [5, 5.41) is 10.1. The first-order valence-electron chi connectivity index (χ1n) is 6.41. The van der Waals surface area contributed by atoms with Gasteiger partial charge in [-0.25, -0.2) is 4.39 Å². The Hall–Kier alpha value is -1.94. The van der Waals surface area contributed by atoms with Crippen molar-refractivity contribution < 1.29 is 14.2 Å². The van der Waals surface area contributed by atoms with Crippen LogP contribution in [0.15, 0.2) is 30.5 Å². The molecule has 1 N–H and O–H groups in total. The highest BCUT2D eigenvalue weighted by molar-refractivity contribution is 5.42. The van der Waals surface area contributed by atoms with Crippen LogP contribution in [0.2, 0.25) is 0 Å². The molecule has 4 heteroatoms. The van der Waals surface area contributed by atoms with Crippen LogP contribution < -0.4 is 4.74 Å². The minimum Gasteiger partial charge on any atom is -0.455 e. The average molecular weight is 275 g/mol. The number of halogens is 1. The summed E-state index contributed by atoms with van der Waals surface area (Å²) in [6.07, 6.45) is 1.58. The molecule has 1 aromatic heterocycles. The standard InChI is InChI=1S/C16H18FNO2/c1-10-8-12(9-18-11(10)2)20-14-7-5-6-13(17)15(14)16(3,4)19/h5-9,19H,1-4H3. The molecule has 0 amide bonds. The smallest absolute Gasteiger partial charge is 0.146 e. The van der Waals surface area contributed by atoms with Gasteiger partial charge in [-0.2, -0.15) is 0 Å². The largest absolute Gasteiger partial charge is 0.455 e. The summed E-state index contributed by atoms with van der Waals surface area (Å²) in [5.41, 5.74) is 0.717. The Bertz CT molecular complexity index is 633. The van der Waals surface area contributed by atoms with Gasteiger partial charge in [-0.3, -0.25) is 4.98 Å². The second kappa shape index (κ2) is 5.21. The van der Waals surface area contributed by atoms with Gasteiger partial charge in [0.15, 0.2) is 0 Å². The predicted molar refractivity (Wildman–Crippen MR) is 75.4 cm³/mol. The van der Waals surface area contributed by atoms with Crippen LogP contribution in [0.4, 0.5) is 4.39 Å². The number of nitrogens with zero attached hydrogens (tertiary/aromatic N) is 1. The van der Waals surface area contributed by atoms with Crippen LogP contribution in [0.5, 0.6) is 11.5 Å². The molecule has 2 rings (SSSR count). The van der Waals surface area contributed by atoms with Gasteiger partial charge in [0.1, 0.15) is 17.3 Å². The van der Waals surface area contributed by atoms with E-state index in [0.29, 0.717) is 11.5 Å². The van der Waals surface area contributed by atoms with E-state index < -0.39 is 11.4 Å². The lowest BCUT2D eigenvalue weighted by atomic mass is 9.97. The zero-order valence-electron chi connectivity index (χ0n) is 12.1. The third-order valence-corrected chi connectivity index (χ3v) is 3.13. The molecular formula is C16H18FNO2. The summed E-state index contributed by atoms with van der Waals surface area (Å²) in [7, 11) is 0. The van der Waals surface area contributed by atoms with E-state index in [-0.39, 0.29) is 5.56 Å². The van der Waals surface area contributed by atoms with Crippen molar-refractivity contribution in [2.24, 2.45) is 0 Å². The minimum atomic E-state index is -1.33. The Morgan fingerprint density at radius 2 is 1.95 bits per heavy atom. The molecule has 0 unspecified atom stereocenters. The molecule has 0 radical (unpaired) electrons. The molecule has 2 aromatic rings. The molecule has 106 valence electrons. The quantitative estimate of drug-likeness (QED) is 0.925. The van der Waals surface area contributed by atoms with E-state index in [1.165, 1.54) is 19.9 Å². The first-order valence-corrected chi connectivity index (χ1v) is 6.41. The lowest BCUT2D eigenvalue weighted by Gasteiger charge is -2.22. The van der Waals surface area contributed by atoms with Crippen molar-refractivity contribution in [2.75, 3.05) is 0 Å². The Kier molecular flexibility index (Phi) is 3.77. The number of hydrogen-bond donors (Lipinski definition) is 1. The molecule has 0 aliphatic carbocycles. The number of aryl methyl sites for hydroxylation is 2. The summed E-state index contributed by atoms with van der Waals surface area (Å²) >= 11 is 0. The van der Waals surface area contributed by atoms with E-state index in [1.54, 1.807) is 18.3 Å². The zero-order valence-corrected chi connectivity index (χ0v) is 12.1. The lowest BCUT2D eigenvalue weighted by molar-refractivity contribution is 0.0720. The van der Waals surface area contributed by atoms with Crippen LogP contribution in [0.25, 0.3) is 0 Å². The predicted octanol–water partition coefficient (Wildman–Crippen LogP) is 3.86. The van der Waals surface area contributed by atoms with Gasteiger partial charge in [0.2, 0.25) is 0 Å². The fourth-order valence-corrected chi connectivity index (χ4v) is 1.98. The van der Waals surface area contributed by atoms with Crippen molar-refractivity contribution in [3.05, 3.63) is 53.1 Å². The third-order valence-electron chi connectivity index (χ3n) is 3.13. The van der Waals surface area contributed by atoms with Crippen LogP contribution in [-0.2, 0) is 5.60 Å². The van der Waals surface area contributed by atoms with E-state index in [2.05, 4.69) is 4.98 Å². The summed E-state index contributed by atoms with van der Waals surface area (Å²) in [6, 6.07) is 6.32. The Labute approximate surface area is 118 Å². The summed E-state index contributed by atoms with van der Waals surface area (Å²) in [6.45, 7) is 6.88. The molecule has 0 spiro atoms. The summed E-state index contributed by atoms with van der Waals surface area (Å²) < 4.78 is 19.6. The first kappa shape index (κ1) is 14.5. The maximum atomic E-state index is 13.9. The zero-order chi connectivity index (χ0) is 14.9. The van der Waals surface area contributed by atoms with Crippen molar-refractivity contribution >= 4 is 0 Å². The van der Waals surface area contributed by atoms with Crippen LogP contribution in [0, 0.1) is 19.7 Å². The minimum absolute atomic E-state index is 0.137. The number of benzene rings is 1. The number of ether oxygens (including phenoxy) is 1. The fraction of sp³-hybridized carbons (Fsp3) is 0.312. The van der Waals surface area contributed by atoms with E-state index in [0.717, 1.165) is 11.3 Å². The summed E-state index contributed by atoms with van der Waals surface area (Å²) in [4.78, 5) is 4.21. The van der Waals surface area contributed by atoms with Gasteiger partial charge in [-0.1, -0.05) is 6.07 Å². The second-order valence-electron chi connectivity index (χ2n) is 5.35. The molecule has 0 bridgehead atoms. The van der Waals surface area contributed by atoms with Crippen molar-refractivity contribution in [2.45, 2.75) is 33.3 Å². The third kappa shape index (κ3) is 2.96. The molecule has 0 aliphatic heterocycles. The molecule has 0 aliphatic rings. The molecule has 0 fully saturated rings. The summed E-state index contributed by atoms with van der Waals surface area (Å²) in [5.74, 6) is 0.318. The van der Waals surface area contributed by atoms with Crippen LogP contribution in [-0.4, -0.2) is 10.1 Å². The Balaban J connectivity index is 2.43. The average Bonchev–Trinajstić information content (AvgIpc) is 2.32. The molecule has 3 nitrogen and oxygen atoms in total. The lowest BCUT2D eigenvalue weighted by Crippen LogP contribution is -2.18. The number of aliphatic hydroxyl groups is 1. The maximum absolute atomic E-state index is 13.9. The van der Waals surface area contributed by atoms with E-state index in [1.807, 2.05) is 19.9 Å². The number of rotatable bonds is 3. The Morgan fingerprint density at radius 1 is 1.25 bits per heavy atom. The normalized spacial score (nSPS) is 11.5. The molecular weight excluding hydrogens is 257 g/mol. The van der Waals surface area contributed by atoms with Gasteiger partial charge in [0.25, 0.3) is 0 Å². The first-order chi connectivity index (χ1) is 9.29. The number of pyridine rings is 1. The van der Waals surface area contributed by atoms with Crippen molar-refractivity contribution in [3.63, 3.8) is 0 Å². The molecule has 1 heterocycles. The van der Waals surface area contributed by atoms with E-state index in [9.17, 15) is 9.50 Å². The Morgan fingerprint density at radius 3 is 2.55 bits per heavy atom. The second-order valence-corrected chi connectivity index (χ2v) is 5.35. The highest BCUT2D eigenvalue weighted by Crippen LogP contribution is 2.34. The molecule has 20 heavy (non-hydrogen) atoms. The highest BCUT2D eigenvalue weighted by Gasteiger charge is 2.25. The maximum Gasteiger partial charge on any atom is 0.146 e. The monoisotopic (exact) mass is 275 g/mol. The van der Waals surface area contributed by atoms with Crippen LogP contribution >= 0.6 is 0 Å². The van der Waals surface area contributed by atoms with Gasteiger partial charge in [-0.15, -0.1) is 0 Å². The van der Waals surface area contributed by atoms with E-state index >= 15 is 0 Å². The molecule has 0 atom stereocenters. The number of hydrogen-bond acceptors (Lipinski definition) is 3.